The third-order valence-corrected chi connectivity index (χ3v) is 3.43. The molecule has 2 aromatic rings. The first-order chi connectivity index (χ1) is 12.5. The van der Waals surface area contributed by atoms with Crippen LogP contribution in [0.4, 0.5) is 10.5 Å². The van der Waals surface area contributed by atoms with Gasteiger partial charge in [-0.1, -0.05) is 48.5 Å². The maximum atomic E-state index is 11.9. The van der Waals surface area contributed by atoms with Gasteiger partial charge in [0.2, 0.25) is 11.8 Å². The molecule has 4 amide bonds. The van der Waals surface area contributed by atoms with Crippen molar-refractivity contribution in [1.82, 2.24) is 15.5 Å². The number of amides is 4. The molecule has 0 atom stereocenters. The van der Waals surface area contributed by atoms with Crippen LogP contribution < -0.4 is 16.0 Å². The molecule has 0 spiro atoms. The van der Waals surface area contributed by atoms with E-state index in [9.17, 15) is 14.4 Å². The maximum Gasteiger partial charge on any atom is 0.321 e. The Morgan fingerprint density at radius 3 is 2.08 bits per heavy atom. The van der Waals surface area contributed by atoms with E-state index in [0.717, 1.165) is 5.56 Å². The van der Waals surface area contributed by atoms with Crippen molar-refractivity contribution in [2.24, 2.45) is 0 Å². The lowest BCUT2D eigenvalue weighted by atomic mass is 10.2. The van der Waals surface area contributed by atoms with Crippen molar-refractivity contribution in [1.29, 1.82) is 0 Å². The molecule has 0 saturated carbocycles. The molecule has 0 aliphatic rings. The molecule has 3 N–H and O–H groups in total. The summed E-state index contributed by atoms with van der Waals surface area (Å²) in [5.74, 6) is -0.717. The highest BCUT2D eigenvalue weighted by atomic mass is 16.2. The summed E-state index contributed by atoms with van der Waals surface area (Å²) in [6.45, 7) is 0.296. The molecular weight excluding hydrogens is 332 g/mol. The fourth-order valence-corrected chi connectivity index (χ4v) is 2.26. The molecule has 0 radical (unpaired) electrons. The molecule has 7 heteroatoms. The monoisotopic (exact) mass is 354 g/mol. The van der Waals surface area contributed by atoms with Crippen LogP contribution in [0.25, 0.3) is 0 Å². The molecule has 26 heavy (non-hydrogen) atoms. The molecule has 0 heterocycles. The summed E-state index contributed by atoms with van der Waals surface area (Å²) in [6.07, 6.45) is 0. The van der Waals surface area contributed by atoms with Crippen LogP contribution >= 0.6 is 0 Å². The third-order valence-electron chi connectivity index (χ3n) is 3.43. The Kier molecular flexibility index (Phi) is 7.32. The van der Waals surface area contributed by atoms with Crippen LogP contribution in [0.3, 0.4) is 0 Å². The number of para-hydroxylation sites is 1. The molecule has 2 aromatic carbocycles. The number of carbonyl (C=O) groups excluding carboxylic acids is 3. The molecule has 0 bridgehead atoms. The minimum absolute atomic E-state index is 0.0357. The van der Waals surface area contributed by atoms with E-state index in [4.69, 9.17) is 0 Å². The maximum absolute atomic E-state index is 11.9. The van der Waals surface area contributed by atoms with Crippen molar-refractivity contribution in [2.45, 2.75) is 6.54 Å². The average Bonchev–Trinajstić information content (AvgIpc) is 2.61. The largest absolute Gasteiger partial charge is 0.334 e. The molecule has 136 valence electrons. The van der Waals surface area contributed by atoms with E-state index in [1.807, 2.05) is 48.5 Å². The van der Waals surface area contributed by atoms with E-state index in [2.05, 4.69) is 16.0 Å². The van der Waals surface area contributed by atoms with Gasteiger partial charge in [-0.25, -0.2) is 4.79 Å². The van der Waals surface area contributed by atoms with E-state index >= 15 is 0 Å². The van der Waals surface area contributed by atoms with Gasteiger partial charge in [0.15, 0.2) is 0 Å². The lowest BCUT2D eigenvalue weighted by Gasteiger charge is -2.15. The van der Waals surface area contributed by atoms with Gasteiger partial charge in [-0.05, 0) is 24.7 Å². The summed E-state index contributed by atoms with van der Waals surface area (Å²) in [7, 11) is 1.63. The zero-order valence-corrected chi connectivity index (χ0v) is 14.6. The highest BCUT2D eigenvalue weighted by Crippen LogP contribution is 2.04. The highest BCUT2D eigenvalue weighted by Gasteiger charge is 2.13. The first-order valence-corrected chi connectivity index (χ1v) is 8.18. The van der Waals surface area contributed by atoms with Gasteiger partial charge in [0.05, 0.1) is 13.1 Å². The summed E-state index contributed by atoms with van der Waals surface area (Å²) in [4.78, 5) is 37.0. The Balaban J connectivity index is 1.67. The first kappa shape index (κ1) is 19.1. The van der Waals surface area contributed by atoms with Crippen LogP contribution in [-0.2, 0) is 16.1 Å². The van der Waals surface area contributed by atoms with Gasteiger partial charge in [-0.3, -0.25) is 19.8 Å². The Bertz CT molecular complexity index is 735. The van der Waals surface area contributed by atoms with Crippen LogP contribution in [0.2, 0.25) is 0 Å². The van der Waals surface area contributed by atoms with Crippen molar-refractivity contribution < 1.29 is 14.4 Å². The molecule has 0 saturated heterocycles. The minimum atomic E-state index is -0.569. The predicted octanol–water partition coefficient (Wildman–Crippen LogP) is 1.58. The number of urea groups is 1. The number of hydrogen-bond donors (Lipinski definition) is 3. The zero-order chi connectivity index (χ0) is 18.8. The number of imide groups is 1. The number of nitrogens with one attached hydrogen (secondary N) is 3. The second-order valence-electron chi connectivity index (χ2n) is 5.80. The Labute approximate surface area is 152 Å². The van der Waals surface area contributed by atoms with Crippen LogP contribution in [0, 0.1) is 0 Å². The fraction of sp³-hybridized carbons (Fsp3) is 0.211. The van der Waals surface area contributed by atoms with Crippen LogP contribution in [-0.4, -0.2) is 42.9 Å². The quantitative estimate of drug-likeness (QED) is 0.704. The van der Waals surface area contributed by atoms with Gasteiger partial charge in [-0.2, -0.15) is 0 Å². The number of rotatable bonds is 7. The number of anilines is 1. The second-order valence-corrected chi connectivity index (χ2v) is 5.80. The van der Waals surface area contributed by atoms with Gasteiger partial charge in [-0.15, -0.1) is 0 Å². The number of hydrogen-bond acceptors (Lipinski definition) is 4. The van der Waals surface area contributed by atoms with Crippen molar-refractivity contribution in [3.8, 4) is 0 Å². The normalized spacial score (nSPS) is 10.2. The van der Waals surface area contributed by atoms with Gasteiger partial charge in [0.1, 0.15) is 0 Å². The molecule has 7 nitrogen and oxygen atoms in total. The van der Waals surface area contributed by atoms with Crippen molar-refractivity contribution in [3.05, 3.63) is 66.2 Å². The standard InChI is InChI=1S/C19H22N4O3/c1-23(13-17(24)21-16-10-6-3-7-11-16)14-18(25)22-19(26)20-12-15-8-4-2-5-9-15/h2-11H,12-14H2,1H3,(H,21,24)(H2,20,22,25,26). The molecule has 0 aromatic heterocycles. The summed E-state index contributed by atoms with van der Waals surface area (Å²) in [5, 5.41) is 7.58. The van der Waals surface area contributed by atoms with Crippen molar-refractivity contribution in [2.75, 3.05) is 25.5 Å². The molecule has 0 fully saturated rings. The lowest BCUT2D eigenvalue weighted by Crippen LogP contribution is -2.44. The summed E-state index contributed by atoms with van der Waals surface area (Å²) in [6, 6.07) is 17.9. The van der Waals surface area contributed by atoms with Crippen LogP contribution in [0.15, 0.2) is 60.7 Å². The van der Waals surface area contributed by atoms with E-state index in [0.29, 0.717) is 12.2 Å². The minimum Gasteiger partial charge on any atom is -0.334 e. The number of carbonyl (C=O) groups is 3. The SMILES string of the molecule is CN(CC(=O)NC(=O)NCc1ccccc1)CC(=O)Nc1ccccc1. The Hall–Kier alpha value is -3.19. The molecule has 0 aliphatic heterocycles. The van der Waals surface area contributed by atoms with E-state index < -0.39 is 11.9 Å². The van der Waals surface area contributed by atoms with E-state index in [-0.39, 0.29) is 19.0 Å². The van der Waals surface area contributed by atoms with Gasteiger partial charge in [0, 0.05) is 12.2 Å². The predicted molar refractivity (Wildman–Crippen MR) is 99.4 cm³/mol. The highest BCUT2D eigenvalue weighted by molar-refractivity contribution is 5.96. The van der Waals surface area contributed by atoms with Gasteiger partial charge in [0.25, 0.3) is 0 Å². The molecule has 2 rings (SSSR count). The summed E-state index contributed by atoms with van der Waals surface area (Å²) < 4.78 is 0. The fourth-order valence-electron chi connectivity index (χ4n) is 2.26. The summed E-state index contributed by atoms with van der Waals surface area (Å²) in [5.41, 5.74) is 1.63. The zero-order valence-electron chi connectivity index (χ0n) is 14.6. The molecule has 0 aliphatic carbocycles. The Morgan fingerprint density at radius 2 is 1.42 bits per heavy atom. The van der Waals surface area contributed by atoms with Crippen LogP contribution in [0.1, 0.15) is 5.56 Å². The smallest absolute Gasteiger partial charge is 0.321 e. The lowest BCUT2D eigenvalue weighted by molar-refractivity contribution is -0.122. The van der Waals surface area contributed by atoms with Crippen molar-refractivity contribution >= 4 is 23.5 Å². The molecular formula is C19H22N4O3. The van der Waals surface area contributed by atoms with Gasteiger partial charge < -0.3 is 10.6 Å². The van der Waals surface area contributed by atoms with Crippen LogP contribution in [0.5, 0.6) is 0 Å². The van der Waals surface area contributed by atoms with Crippen molar-refractivity contribution in [3.63, 3.8) is 0 Å². The summed E-state index contributed by atoms with van der Waals surface area (Å²) >= 11 is 0. The molecule has 0 unspecified atom stereocenters. The van der Waals surface area contributed by atoms with Gasteiger partial charge >= 0.3 is 6.03 Å². The number of benzene rings is 2. The van der Waals surface area contributed by atoms with E-state index in [1.165, 1.54) is 4.90 Å². The number of nitrogens with zero attached hydrogens (tertiary/aromatic N) is 1. The third kappa shape index (κ3) is 7.14. The topological polar surface area (TPSA) is 90.5 Å². The average molecular weight is 354 g/mol. The Morgan fingerprint density at radius 1 is 0.846 bits per heavy atom. The van der Waals surface area contributed by atoms with E-state index in [1.54, 1.807) is 19.2 Å². The number of likely N-dealkylation sites (N-methyl/N-ethyl adjacent to an activating group) is 1. The first-order valence-electron chi connectivity index (χ1n) is 8.18. The second kappa shape index (κ2) is 9.95.